The van der Waals surface area contributed by atoms with Gasteiger partial charge in [-0.05, 0) is 52.0 Å². The average Bonchev–Trinajstić information content (AvgIpc) is 3.30. The van der Waals surface area contributed by atoms with Crippen LogP contribution >= 0.6 is 0 Å². The van der Waals surface area contributed by atoms with Gasteiger partial charge >= 0.3 is 0 Å². The van der Waals surface area contributed by atoms with Gasteiger partial charge in [0.25, 0.3) is 5.91 Å². The number of carbonyl (C=O) groups is 1. The van der Waals surface area contributed by atoms with E-state index in [1.807, 2.05) is 10.9 Å². The number of carbonyl (C=O) groups excluding carboxylic acids is 1. The molecule has 7 nitrogen and oxygen atoms in total. The predicted octanol–water partition coefficient (Wildman–Crippen LogP) is 2.54. The Morgan fingerprint density at radius 3 is 2.83 bits per heavy atom. The van der Waals surface area contributed by atoms with Crippen molar-refractivity contribution in [3.05, 3.63) is 18.0 Å². The molecule has 0 bridgehead atoms. The van der Waals surface area contributed by atoms with Crippen LogP contribution < -0.4 is 0 Å². The number of alkyl halides is 1. The van der Waals surface area contributed by atoms with E-state index >= 15 is 0 Å². The summed E-state index contributed by atoms with van der Waals surface area (Å²) in [6.45, 7) is 7.23. The smallest absolute Gasteiger partial charge is 0.272 e. The van der Waals surface area contributed by atoms with Gasteiger partial charge in [-0.1, -0.05) is 5.16 Å². The fourth-order valence-corrected chi connectivity index (χ4v) is 4.95. The van der Waals surface area contributed by atoms with Crippen LogP contribution in [-0.4, -0.2) is 68.6 Å². The van der Waals surface area contributed by atoms with E-state index in [1.54, 1.807) is 4.90 Å². The minimum Gasteiger partial charge on any atom is -0.387 e. The van der Waals surface area contributed by atoms with E-state index in [0.717, 1.165) is 45.3 Å². The molecule has 4 heterocycles. The van der Waals surface area contributed by atoms with E-state index in [2.05, 4.69) is 35.2 Å². The maximum absolute atomic E-state index is 14.6. The largest absolute Gasteiger partial charge is 0.387 e. The molecule has 1 aromatic rings. The van der Waals surface area contributed by atoms with Crippen molar-refractivity contribution in [3.63, 3.8) is 0 Å². The Balaban J connectivity index is 1.17. The number of oxime groups is 1. The molecule has 4 aliphatic rings. The first-order valence-electron chi connectivity index (χ1n) is 10.8. The van der Waals surface area contributed by atoms with Crippen molar-refractivity contribution in [2.24, 2.45) is 11.1 Å². The summed E-state index contributed by atoms with van der Waals surface area (Å²) in [7, 11) is 0. The van der Waals surface area contributed by atoms with Crippen LogP contribution in [0.3, 0.4) is 0 Å². The zero-order chi connectivity index (χ0) is 20.2. The Morgan fingerprint density at radius 1 is 1.34 bits per heavy atom. The maximum atomic E-state index is 14.6. The van der Waals surface area contributed by atoms with E-state index < -0.39 is 11.3 Å². The normalized spacial score (nSPS) is 29.1. The molecule has 3 fully saturated rings. The first-order valence-corrected chi connectivity index (χ1v) is 10.8. The third kappa shape index (κ3) is 3.56. The quantitative estimate of drug-likeness (QED) is 0.758. The van der Waals surface area contributed by atoms with Crippen LogP contribution in [0.1, 0.15) is 57.6 Å². The Kier molecular flexibility index (Phi) is 4.46. The van der Waals surface area contributed by atoms with Crippen molar-refractivity contribution in [1.29, 1.82) is 0 Å². The first kappa shape index (κ1) is 19.0. The van der Waals surface area contributed by atoms with Crippen molar-refractivity contribution in [1.82, 2.24) is 19.6 Å². The Morgan fingerprint density at radius 2 is 2.14 bits per heavy atom. The highest BCUT2D eigenvalue weighted by atomic mass is 19.1. The lowest BCUT2D eigenvalue weighted by Crippen LogP contribution is -2.63. The molecule has 1 saturated carbocycles. The Hall–Kier alpha value is -1.96. The molecular formula is C21H30FN5O2. The van der Waals surface area contributed by atoms with Gasteiger partial charge in [0.15, 0.2) is 5.60 Å². The van der Waals surface area contributed by atoms with Crippen molar-refractivity contribution in [2.45, 2.75) is 69.8 Å². The zero-order valence-electron chi connectivity index (χ0n) is 17.3. The minimum absolute atomic E-state index is 0.147. The summed E-state index contributed by atoms with van der Waals surface area (Å²) in [4.78, 5) is 22.5. The van der Waals surface area contributed by atoms with Crippen molar-refractivity contribution >= 4 is 11.6 Å². The van der Waals surface area contributed by atoms with Crippen LogP contribution in [0.4, 0.5) is 4.39 Å². The molecule has 29 heavy (non-hydrogen) atoms. The number of amides is 1. The van der Waals surface area contributed by atoms with Gasteiger partial charge in [-0.3, -0.25) is 14.4 Å². The Bertz CT molecular complexity index is 827. The lowest BCUT2D eigenvalue weighted by Gasteiger charge is -2.44. The molecule has 0 aromatic carbocycles. The number of halogens is 1. The maximum Gasteiger partial charge on any atom is 0.272 e. The molecule has 1 amide bonds. The summed E-state index contributed by atoms with van der Waals surface area (Å²) in [6.07, 6.45) is 8.36. The number of aromatic nitrogens is 2. The van der Waals surface area contributed by atoms with Crippen LogP contribution in [0.15, 0.2) is 17.5 Å². The lowest BCUT2D eigenvalue weighted by molar-refractivity contribution is -0.139. The lowest BCUT2D eigenvalue weighted by atomic mass is 9.86. The highest BCUT2D eigenvalue weighted by molar-refractivity contribution is 6.39. The zero-order valence-corrected chi connectivity index (χ0v) is 17.3. The van der Waals surface area contributed by atoms with E-state index in [9.17, 15) is 9.18 Å². The summed E-state index contributed by atoms with van der Waals surface area (Å²) in [5.74, 6) is 0.0118. The van der Waals surface area contributed by atoms with Crippen LogP contribution in [-0.2, 0) is 16.2 Å². The molecule has 1 aromatic heterocycles. The monoisotopic (exact) mass is 403 g/mol. The van der Waals surface area contributed by atoms with Gasteiger partial charge in [-0.15, -0.1) is 0 Å². The van der Waals surface area contributed by atoms with Crippen molar-refractivity contribution in [2.75, 3.05) is 26.2 Å². The molecule has 158 valence electrons. The van der Waals surface area contributed by atoms with E-state index in [1.165, 1.54) is 5.56 Å². The second kappa shape index (κ2) is 6.79. The van der Waals surface area contributed by atoms with Crippen molar-refractivity contribution < 1.29 is 14.0 Å². The van der Waals surface area contributed by atoms with E-state index in [0.29, 0.717) is 18.2 Å². The predicted molar refractivity (Wildman–Crippen MR) is 106 cm³/mol. The van der Waals surface area contributed by atoms with Gasteiger partial charge < -0.3 is 9.74 Å². The van der Waals surface area contributed by atoms with E-state index in [-0.39, 0.29) is 24.9 Å². The number of likely N-dealkylation sites (tertiary alicyclic amines) is 2. The van der Waals surface area contributed by atoms with Gasteiger partial charge in [0.05, 0.1) is 19.3 Å². The van der Waals surface area contributed by atoms with Gasteiger partial charge in [0.1, 0.15) is 11.4 Å². The average molecular weight is 404 g/mol. The highest BCUT2D eigenvalue weighted by Gasteiger charge is 2.56. The Labute approximate surface area is 170 Å². The molecule has 5 rings (SSSR count). The molecule has 1 unspecified atom stereocenters. The number of nitrogens with zero attached hydrogens (tertiary/aromatic N) is 5. The topological polar surface area (TPSA) is 63.0 Å². The fraction of sp³-hybridized carbons (Fsp3) is 0.762. The second-order valence-corrected chi connectivity index (χ2v) is 9.70. The molecule has 1 aliphatic carbocycles. The third-order valence-electron chi connectivity index (χ3n) is 6.80. The molecule has 3 aliphatic heterocycles. The number of rotatable bonds is 5. The summed E-state index contributed by atoms with van der Waals surface area (Å²) in [5.41, 5.74) is 0.0594. The SMILES string of the molecule is CC(C)n1cc(CN2CCCC3(CC(C(=O)N4CC(F)(C5CC5)C4)=NO3)C2)cn1. The first-order chi connectivity index (χ1) is 13.9. The number of piperidine rings is 1. The highest BCUT2D eigenvalue weighted by Crippen LogP contribution is 2.47. The minimum atomic E-state index is -1.16. The van der Waals surface area contributed by atoms with Crippen LogP contribution in [0.25, 0.3) is 0 Å². The van der Waals surface area contributed by atoms with Crippen LogP contribution in [0, 0.1) is 5.92 Å². The second-order valence-electron chi connectivity index (χ2n) is 9.70. The van der Waals surface area contributed by atoms with Crippen molar-refractivity contribution in [3.8, 4) is 0 Å². The summed E-state index contributed by atoms with van der Waals surface area (Å²) in [5, 5.41) is 8.58. The molecule has 0 N–H and O–H groups in total. The molecule has 0 radical (unpaired) electrons. The molecule has 1 spiro atoms. The molecule has 2 saturated heterocycles. The van der Waals surface area contributed by atoms with Crippen LogP contribution in [0.5, 0.6) is 0 Å². The summed E-state index contributed by atoms with van der Waals surface area (Å²) < 4.78 is 16.5. The van der Waals surface area contributed by atoms with Gasteiger partial charge in [0, 0.05) is 37.3 Å². The molecule has 1 atom stereocenters. The number of hydrogen-bond acceptors (Lipinski definition) is 5. The number of hydrogen-bond donors (Lipinski definition) is 0. The third-order valence-corrected chi connectivity index (χ3v) is 6.80. The van der Waals surface area contributed by atoms with Gasteiger partial charge in [-0.2, -0.15) is 5.10 Å². The molecular weight excluding hydrogens is 373 g/mol. The van der Waals surface area contributed by atoms with E-state index in [4.69, 9.17) is 4.84 Å². The summed E-state index contributed by atoms with van der Waals surface area (Å²) >= 11 is 0. The molecule has 8 heteroatoms. The standard InChI is InChI=1S/C21H30FN5O2/c1-15(2)27-11-16(9-23-27)10-25-7-3-6-20(12-25)8-18(24-29-20)19(28)26-13-21(22,14-26)17-4-5-17/h9,11,15,17H,3-8,10,12-14H2,1-2H3. The van der Waals surface area contributed by atoms with Gasteiger partial charge in [0.2, 0.25) is 0 Å². The van der Waals surface area contributed by atoms with Gasteiger partial charge in [-0.25, -0.2) is 4.39 Å². The summed E-state index contributed by atoms with van der Waals surface area (Å²) in [6, 6.07) is 0.348. The fourth-order valence-electron chi connectivity index (χ4n) is 4.95. The van der Waals surface area contributed by atoms with Crippen LogP contribution in [0.2, 0.25) is 0 Å².